The van der Waals surface area contributed by atoms with Crippen LogP contribution in [0.2, 0.25) is 0 Å². The predicted octanol–water partition coefficient (Wildman–Crippen LogP) is 6.72. The number of halogens is 3. The molecule has 0 aromatic heterocycles. The fourth-order valence-corrected chi connectivity index (χ4v) is 6.33. The Morgan fingerprint density at radius 2 is 1.57 bits per heavy atom. The average Bonchev–Trinajstić information content (AvgIpc) is 3.35. The zero-order chi connectivity index (χ0) is 26.7. The van der Waals surface area contributed by atoms with Crippen molar-refractivity contribution in [3.05, 3.63) is 65.7 Å². The molecule has 202 valence electrons. The molecule has 1 saturated heterocycles. The maximum Gasteiger partial charge on any atom is 0.416 e. The van der Waals surface area contributed by atoms with Gasteiger partial charge in [0.2, 0.25) is 5.91 Å². The van der Waals surface area contributed by atoms with E-state index in [0.717, 1.165) is 62.8 Å². The van der Waals surface area contributed by atoms with Crippen LogP contribution in [0.5, 0.6) is 5.75 Å². The van der Waals surface area contributed by atoms with E-state index in [0.29, 0.717) is 18.7 Å². The van der Waals surface area contributed by atoms with Gasteiger partial charge in [0, 0.05) is 18.6 Å². The molecule has 1 amide bonds. The lowest BCUT2D eigenvalue weighted by atomic mass is 9.61. The van der Waals surface area contributed by atoms with Crippen LogP contribution in [0.25, 0.3) is 0 Å². The Bertz CT molecular complexity index is 1030. The van der Waals surface area contributed by atoms with Crippen LogP contribution in [0.4, 0.5) is 13.2 Å². The lowest BCUT2D eigenvalue weighted by Crippen LogP contribution is -2.51. The van der Waals surface area contributed by atoms with Crippen LogP contribution in [-0.2, 0) is 16.4 Å². The van der Waals surface area contributed by atoms with Gasteiger partial charge >= 0.3 is 6.18 Å². The van der Waals surface area contributed by atoms with E-state index in [1.54, 1.807) is 0 Å². The molecule has 1 saturated carbocycles. The number of primary amides is 1. The highest BCUT2D eigenvalue weighted by atomic mass is 19.4. The molecular formula is C30H39F3N2O2. The Hall–Kier alpha value is -2.54. The fourth-order valence-electron chi connectivity index (χ4n) is 6.33. The molecule has 7 heteroatoms. The minimum absolute atomic E-state index is 0.0932. The summed E-state index contributed by atoms with van der Waals surface area (Å²) in [4.78, 5) is 15.6. The maximum absolute atomic E-state index is 13.2. The van der Waals surface area contributed by atoms with Gasteiger partial charge < -0.3 is 10.5 Å². The fraction of sp³-hybridized carbons (Fsp3) is 0.567. The molecule has 1 aliphatic carbocycles. The van der Waals surface area contributed by atoms with Crippen LogP contribution >= 0.6 is 0 Å². The zero-order valence-electron chi connectivity index (χ0n) is 21.9. The van der Waals surface area contributed by atoms with Crippen LogP contribution < -0.4 is 10.5 Å². The van der Waals surface area contributed by atoms with E-state index in [2.05, 4.69) is 30.9 Å². The number of likely N-dealkylation sites (tertiary alicyclic amines) is 1. The molecule has 2 aromatic carbocycles. The monoisotopic (exact) mass is 516 g/mol. The normalized spacial score (nSPS) is 21.5. The quantitative estimate of drug-likeness (QED) is 0.403. The van der Waals surface area contributed by atoms with Crippen LogP contribution in [-0.4, -0.2) is 35.5 Å². The van der Waals surface area contributed by atoms with E-state index in [9.17, 15) is 18.0 Å². The molecule has 2 aliphatic rings. The van der Waals surface area contributed by atoms with Gasteiger partial charge in [0.25, 0.3) is 0 Å². The van der Waals surface area contributed by atoms with Crippen LogP contribution in [0.15, 0.2) is 54.6 Å². The zero-order valence-corrected chi connectivity index (χ0v) is 21.9. The summed E-state index contributed by atoms with van der Waals surface area (Å²) in [6, 6.07) is 15.0. The van der Waals surface area contributed by atoms with Gasteiger partial charge in [0.05, 0.1) is 11.0 Å². The summed E-state index contributed by atoms with van der Waals surface area (Å²) in [7, 11) is 0. The van der Waals surface area contributed by atoms with E-state index in [4.69, 9.17) is 10.5 Å². The molecule has 0 spiro atoms. The van der Waals surface area contributed by atoms with E-state index in [1.165, 1.54) is 18.6 Å². The lowest BCUT2D eigenvalue weighted by Gasteiger charge is -2.44. The molecule has 4 nitrogen and oxygen atoms in total. The highest BCUT2D eigenvalue weighted by molar-refractivity contribution is 5.87. The van der Waals surface area contributed by atoms with Crippen molar-refractivity contribution < 1.29 is 22.7 Å². The van der Waals surface area contributed by atoms with Crippen molar-refractivity contribution >= 4 is 5.91 Å². The van der Waals surface area contributed by atoms with Crippen molar-refractivity contribution in [2.24, 2.45) is 11.7 Å². The first kappa shape index (κ1) is 27.5. The first-order chi connectivity index (χ1) is 17.5. The van der Waals surface area contributed by atoms with Gasteiger partial charge in [0.1, 0.15) is 11.9 Å². The SMILES string of the molecule is CC(C)(CCC(C(N)=O)(c1ccccc1)C1CCCCC1)N1CC[C@@H](Oc2ccc(C(F)(F)F)cc2)C1. The van der Waals surface area contributed by atoms with Crippen LogP contribution in [0.3, 0.4) is 0 Å². The molecule has 1 unspecified atom stereocenters. The molecule has 37 heavy (non-hydrogen) atoms. The Balaban J connectivity index is 1.45. The standard InChI is InChI=1S/C30H39F3N2O2/c1-28(2,35-20-17-26(21-35)37-25-15-13-24(14-16-25)30(31,32)33)18-19-29(27(34)36,22-9-5-3-6-10-22)23-11-7-4-8-12-23/h3,5-6,9-10,13-16,23,26H,4,7-8,11-12,17-21H2,1-2H3,(H2,34,36)/t26-,29?/m1/s1. The molecule has 2 fully saturated rings. The molecular weight excluding hydrogens is 477 g/mol. The number of ether oxygens (including phenoxy) is 1. The van der Waals surface area contributed by atoms with Crippen molar-refractivity contribution in [1.29, 1.82) is 0 Å². The molecule has 4 rings (SSSR count). The third-order valence-electron chi connectivity index (χ3n) is 8.65. The Morgan fingerprint density at radius 3 is 2.16 bits per heavy atom. The lowest BCUT2D eigenvalue weighted by molar-refractivity contribution is -0.137. The Morgan fingerprint density at radius 1 is 0.919 bits per heavy atom. The van der Waals surface area contributed by atoms with Crippen molar-refractivity contribution in [2.45, 2.75) is 88.4 Å². The molecule has 1 heterocycles. The number of hydrogen-bond donors (Lipinski definition) is 1. The third-order valence-corrected chi connectivity index (χ3v) is 8.65. The van der Waals surface area contributed by atoms with Gasteiger partial charge in [0.15, 0.2) is 0 Å². The number of rotatable bonds is 9. The first-order valence-corrected chi connectivity index (χ1v) is 13.5. The number of benzene rings is 2. The minimum Gasteiger partial charge on any atom is -0.489 e. The van der Waals surface area contributed by atoms with E-state index >= 15 is 0 Å². The van der Waals surface area contributed by atoms with Gasteiger partial charge in [-0.2, -0.15) is 13.2 Å². The number of carbonyl (C=O) groups is 1. The number of alkyl halides is 3. The van der Waals surface area contributed by atoms with Crippen molar-refractivity contribution in [1.82, 2.24) is 4.90 Å². The average molecular weight is 517 g/mol. The van der Waals surface area contributed by atoms with Crippen LogP contribution in [0.1, 0.15) is 76.3 Å². The molecule has 0 radical (unpaired) electrons. The first-order valence-electron chi connectivity index (χ1n) is 13.5. The van der Waals surface area contributed by atoms with E-state index in [-0.39, 0.29) is 23.5 Å². The molecule has 1 aliphatic heterocycles. The maximum atomic E-state index is 13.2. The van der Waals surface area contributed by atoms with Gasteiger partial charge in [-0.25, -0.2) is 0 Å². The molecule has 2 aromatic rings. The van der Waals surface area contributed by atoms with Gasteiger partial charge in [-0.15, -0.1) is 0 Å². The Kier molecular flexibility index (Phi) is 8.22. The Labute approximate surface area is 218 Å². The highest BCUT2D eigenvalue weighted by Crippen LogP contribution is 2.46. The molecule has 0 bridgehead atoms. The van der Waals surface area contributed by atoms with E-state index in [1.807, 2.05) is 18.2 Å². The van der Waals surface area contributed by atoms with Gasteiger partial charge in [-0.05, 0) is 81.7 Å². The van der Waals surface area contributed by atoms with Gasteiger partial charge in [-0.1, -0.05) is 49.6 Å². The largest absolute Gasteiger partial charge is 0.489 e. The molecule has 2 atom stereocenters. The summed E-state index contributed by atoms with van der Waals surface area (Å²) in [6.45, 7) is 5.92. The van der Waals surface area contributed by atoms with Crippen LogP contribution in [0, 0.1) is 5.92 Å². The summed E-state index contributed by atoms with van der Waals surface area (Å²) in [5.41, 5.74) is 5.69. The van der Waals surface area contributed by atoms with Crippen molar-refractivity contribution in [2.75, 3.05) is 13.1 Å². The van der Waals surface area contributed by atoms with E-state index < -0.39 is 17.2 Å². The topological polar surface area (TPSA) is 55.6 Å². The van der Waals surface area contributed by atoms with Crippen molar-refractivity contribution in [3.8, 4) is 5.75 Å². The second-order valence-electron chi connectivity index (χ2n) is 11.3. The number of nitrogens with zero attached hydrogens (tertiary/aromatic N) is 1. The summed E-state index contributed by atoms with van der Waals surface area (Å²) >= 11 is 0. The molecule has 2 N–H and O–H groups in total. The van der Waals surface area contributed by atoms with Crippen molar-refractivity contribution in [3.63, 3.8) is 0 Å². The summed E-state index contributed by atoms with van der Waals surface area (Å²) in [6.07, 6.45) is 3.34. The summed E-state index contributed by atoms with van der Waals surface area (Å²) < 4.78 is 44.6. The van der Waals surface area contributed by atoms with Gasteiger partial charge in [-0.3, -0.25) is 9.69 Å². The second-order valence-corrected chi connectivity index (χ2v) is 11.3. The predicted molar refractivity (Wildman–Crippen MR) is 139 cm³/mol. The smallest absolute Gasteiger partial charge is 0.416 e. The second kappa shape index (κ2) is 11.1. The number of amides is 1. The number of nitrogens with two attached hydrogens (primary N) is 1. The summed E-state index contributed by atoms with van der Waals surface area (Å²) in [5.74, 6) is 0.462. The minimum atomic E-state index is -4.36. The number of hydrogen-bond acceptors (Lipinski definition) is 3. The highest BCUT2D eigenvalue weighted by Gasteiger charge is 2.47. The third kappa shape index (κ3) is 6.14. The summed E-state index contributed by atoms with van der Waals surface area (Å²) in [5, 5.41) is 0. The number of carbonyl (C=O) groups excluding carboxylic acids is 1.